The Balaban J connectivity index is 2.16. The summed E-state index contributed by atoms with van der Waals surface area (Å²) in [5, 5.41) is 1.64. The first-order chi connectivity index (χ1) is 8.31. The minimum Gasteiger partial charge on any atom is -0.490 e. The van der Waals surface area contributed by atoms with Crippen LogP contribution in [0.15, 0.2) is 30.5 Å². The van der Waals surface area contributed by atoms with Crippen molar-refractivity contribution in [2.75, 3.05) is 19.8 Å². The minimum atomic E-state index is 0.537. The molecule has 2 aromatic rings. The molecule has 0 atom stereocenters. The minimum absolute atomic E-state index is 0.537. The van der Waals surface area contributed by atoms with Crippen molar-refractivity contribution in [3.05, 3.63) is 35.5 Å². The molecule has 0 amide bonds. The van der Waals surface area contributed by atoms with Crippen LogP contribution >= 0.6 is 11.6 Å². The normalized spacial score (nSPS) is 10.7. The maximum absolute atomic E-state index is 5.92. The van der Waals surface area contributed by atoms with Crippen molar-refractivity contribution in [1.29, 1.82) is 0 Å². The molecular formula is C13H14ClNO2. The number of hydrogen-bond donors (Lipinski definition) is 0. The Labute approximate surface area is 105 Å². The fourth-order valence-electron chi connectivity index (χ4n) is 1.58. The number of hydrogen-bond acceptors (Lipinski definition) is 3. The van der Waals surface area contributed by atoms with E-state index >= 15 is 0 Å². The third-order valence-corrected chi connectivity index (χ3v) is 2.59. The lowest BCUT2D eigenvalue weighted by Gasteiger charge is -2.08. The molecule has 0 radical (unpaired) electrons. The van der Waals surface area contributed by atoms with Gasteiger partial charge < -0.3 is 9.47 Å². The van der Waals surface area contributed by atoms with E-state index in [9.17, 15) is 0 Å². The van der Waals surface area contributed by atoms with Crippen molar-refractivity contribution in [2.24, 2.45) is 0 Å². The number of halogens is 1. The second-order valence-electron chi connectivity index (χ2n) is 3.52. The van der Waals surface area contributed by atoms with Gasteiger partial charge in [0.25, 0.3) is 0 Å². The van der Waals surface area contributed by atoms with E-state index in [0.29, 0.717) is 24.8 Å². The van der Waals surface area contributed by atoms with Crippen LogP contribution < -0.4 is 4.74 Å². The van der Waals surface area contributed by atoms with Crippen molar-refractivity contribution in [3.63, 3.8) is 0 Å². The number of benzene rings is 1. The van der Waals surface area contributed by atoms with Crippen LogP contribution in [0.3, 0.4) is 0 Å². The largest absolute Gasteiger partial charge is 0.490 e. The van der Waals surface area contributed by atoms with E-state index in [1.165, 1.54) is 0 Å². The topological polar surface area (TPSA) is 31.4 Å². The molecule has 0 saturated carbocycles. The number of aromatic nitrogens is 1. The van der Waals surface area contributed by atoms with Crippen LogP contribution in [0.5, 0.6) is 5.75 Å². The number of pyridine rings is 1. The maximum Gasteiger partial charge on any atom is 0.130 e. The highest BCUT2D eigenvalue weighted by atomic mass is 35.5. The average Bonchev–Trinajstić information content (AvgIpc) is 2.34. The Morgan fingerprint density at radius 3 is 2.94 bits per heavy atom. The van der Waals surface area contributed by atoms with Crippen LogP contribution in [0, 0.1) is 0 Å². The van der Waals surface area contributed by atoms with E-state index in [1.807, 2.05) is 31.2 Å². The van der Waals surface area contributed by atoms with Gasteiger partial charge in [-0.3, -0.25) is 4.98 Å². The van der Waals surface area contributed by atoms with Crippen molar-refractivity contribution in [1.82, 2.24) is 4.98 Å². The van der Waals surface area contributed by atoms with E-state index in [1.54, 1.807) is 6.20 Å². The maximum atomic E-state index is 5.92. The molecule has 0 saturated heterocycles. The van der Waals surface area contributed by atoms with Gasteiger partial charge in [-0.1, -0.05) is 11.6 Å². The van der Waals surface area contributed by atoms with E-state index in [-0.39, 0.29) is 0 Å². The average molecular weight is 252 g/mol. The number of ether oxygens (including phenoxy) is 2. The molecule has 17 heavy (non-hydrogen) atoms. The number of nitrogens with zero attached hydrogens (tertiary/aromatic N) is 1. The summed E-state index contributed by atoms with van der Waals surface area (Å²) in [7, 11) is 0. The smallest absolute Gasteiger partial charge is 0.130 e. The standard InChI is InChI=1S/C13H14ClNO2/c1-2-16-7-8-17-13-5-6-15-12-9-10(14)3-4-11(12)13/h3-6,9H,2,7-8H2,1H3. The summed E-state index contributed by atoms with van der Waals surface area (Å²) in [4.78, 5) is 4.25. The highest BCUT2D eigenvalue weighted by Gasteiger charge is 2.03. The Hall–Kier alpha value is -1.32. The van der Waals surface area contributed by atoms with Gasteiger partial charge in [-0.05, 0) is 31.2 Å². The van der Waals surface area contributed by atoms with Gasteiger partial charge >= 0.3 is 0 Å². The SMILES string of the molecule is CCOCCOc1ccnc2cc(Cl)ccc12. The van der Waals surface area contributed by atoms with Gasteiger partial charge in [-0.25, -0.2) is 0 Å². The van der Waals surface area contributed by atoms with Crippen LogP contribution in [0.2, 0.25) is 5.02 Å². The Bertz CT molecular complexity index is 502. The van der Waals surface area contributed by atoms with Crippen LogP contribution in [0.25, 0.3) is 10.9 Å². The van der Waals surface area contributed by atoms with Crippen LogP contribution in [0.4, 0.5) is 0 Å². The third kappa shape index (κ3) is 3.08. The number of fused-ring (bicyclic) bond motifs is 1. The Kier molecular flexibility index (Phi) is 4.18. The predicted molar refractivity (Wildman–Crippen MR) is 68.7 cm³/mol. The first-order valence-electron chi connectivity index (χ1n) is 5.56. The zero-order valence-corrected chi connectivity index (χ0v) is 10.4. The Morgan fingerprint density at radius 2 is 2.12 bits per heavy atom. The molecule has 0 aliphatic rings. The summed E-state index contributed by atoms with van der Waals surface area (Å²) in [5.41, 5.74) is 0.839. The molecule has 1 aromatic heterocycles. The van der Waals surface area contributed by atoms with E-state index in [0.717, 1.165) is 16.7 Å². The molecule has 90 valence electrons. The highest BCUT2D eigenvalue weighted by Crippen LogP contribution is 2.25. The second kappa shape index (κ2) is 5.84. The quantitative estimate of drug-likeness (QED) is 0.764. The molecule has 3 nitrogen and oxygen atoms in total. The zero-order chi connectivity index (χ0) is 12.1. The molecule has 4 heteroatoms. The first kappa shape index (κ1) is 12.1. The van der Waals surface area contributed by atoms with E-state index in [4.69, 9.17) is 21.1 Å². The zero-order valence-electron chi connectivity index (χ0n) is 9.65. The molecule has 1 heterocycles. The van der Waals surface area contributed by atoms with Gasteiger partial charge in [0.2, 0.25) is 0 Å². The first-order valence-corrected chi connectivity index (χ1v) is 5.94. The summed E-state index contributed by atoms with van der Waals surface area (Å²) in [5.74, 6) is 0.811. The van der Waals surface area contributed by atoms with Crippen LogP contribution in [-0.4, -0.2) is 24.8 Å². The molecule has 0 aliphatic carbocycles. The van der Waals surface area contributed by atoms with Gasteiger partial charge in [-0.2, -0.15) is 0 Å². The molecule has 0 N–H and O–H groups in total. The van der Waals surface area contributed by atoms with Gasteiger partial charge in [0.1, 0.15) is 12.4 Å². The summed E-state index contributed by atoms with van der Waals surface area (Å²) in [6, 6.07) is 7.43. The van der Waals surface area contributed by atoms with Crippen LogP contribution in [-0.2, 0) is 4.74 Å². The fraction of sp³-hybridized carbons (Fsp3) is 0.308. The van der Waals surface area contributed by atoms with Crippen molar-refractivity contribution in [2.45, 2.75) is 6.92 Å². The second-order valence-corrected chi connectivity index (χ2v) is 3.95. The monoisotopic (exact) mass is 251 g/mol. The van der Waals surface area contributed by atoms with Crippen molar-refractivity contribution in [3.8, 4) is 5.75 Å². The van der Waals surface area contributed by atoms with Gasteiger partial charge in [0.15, 0.2) is 0 Å². The van der Waals surface area contributed by atoms with Crippen LogP contribution in [0.1, 0.15) is 6.92 Å². The predicted octanol–water partition coefficient (Wildman–Crippen LogP) is 3.30. The molecule has 0 aliphatic heterocycles. The van der Waals surface area contributed by atoms with Gasteiger partial charge in [0, 0.05) is 23.2 Å². The summed E-state index contributed by atoms with van der Waals surface area (Å²) in [6.07, 6.45) is 1.72. The molecule has 0 bridgehead atoms. The third-order valence-electron chi connectivity index (χ3n) is 2.35. The van der Waals surface area contributed by atoms with Crippen molar-refractivity contribution < 1.29 is 9.47 Å². The lowest BCUT2D eigenvalue weighted by Crippen LogP contribution is -2.06. The Morgan fingerprint density at radius 1 is 1.24 bits per heavy atom. The highest BCUT2D eigenvalue weighted by molar-refractivity contribution is 6.31. The molecule has 1 aromatic carbocycles. The summed E-state index contributed by atoms with van der Waals surface area (Å²) in [6.45, 7) is 3.80. The molecule has 2 rings (SSSR count). The van der Waals surface area contributed by atoms with Gasteiger partial charge in [0.05, 0.1) is 12.1 Å². The lowest BCUT2D eigenvalue weighted by atomic mass is 10.2. The molecular weight excluding hydrogens is 238 g/mol. The van der Waals surface area contributed by atoms with E-state index in [2.05, 4.69) is 4.98 Å². The van der Waals surface area contributed by atoms with Gasteiger partial charge in [-0.15, -0.1) is 0 Å². The molecule has 0 fully saturated rings. The number of rotatable bonds is 5. The lowest BCUT2D eigenvalue weighted by molar-refractivity contribution is 0.111. The summed E-state index contributed by atoms with van der Waals surface area (Å²) >= 11 is 5.92. The van der Waals surface area contributed by atoms with Crippen molar-refractivity contribution >= 4 is 22.5 Å². The van der Waals surface area contributed by atoms with E-state index < -0.39 is 0 Å². The molecule has 0 spiro atoms. The fourth-order valence-corrected chi connectivity index (χ4v) is 1.74. The summed E-state index contributed by atoms with van der Waals surface area (Å²) < 4.78 is 10.9. The molecule has 0 unspecified atom stereocenters.